The molecule has 1 heterocycles. The number of nitrogens with zero attached hydrogens (tertiary/aromatic N) is 1. The minimum absolute atomic E-state index is 0.0585. The van der Waals surface area contributed by atoms with Gasteiger partial charge in [-0.15, -0.1) is 0 Å². The van der Waals surface area contributed by atoms with Crippen LogP contribution in [0.15, 0.2) is 21.3 Å². The lowest BCUT2D eigenvalue weighted by atomic mass is 10.1. The van der Waals surface area contributed by atoms with Crippen LogP contribution in [0.25, 0.3) is 0 Å². The third-order valence-electron chi connectivity index (χ3n) is 2.94. The van der Waals surface area contributed by atoms with Crippen LogP contribution in [0.1, 0.15) is 45.4 Å². The second-order valence-electron chi connectivity index (χ2n) is 4.19. The summed E-state index contributed by atoms with van der Waals surface area (Å²) in [5, 5.41) is 0. The molecule has 0 aliphatic rings. The summed E-state index contributed by atoms with van der Waals surface area (Å²) in [6.45, 7) is 8.02. The highest BCUT2D eigenvalue weighted by Crippen LogP contribution is 2.18. The second-order valence-corrected chi connectivity index (χ2v) is 4.19. The molecule has 3 N–H and O–H groups in total. The van der Waals surface area contributed by atoms with Crippen molar-refractivity contribution in [1.82, 2.24) is 0 Å². The Hall–Kier alpha value is -1.29. The van der Waals surface area contributed by atoms with Crippen molar-refractivity contribution in [2.24, 2.45) is 0 Å². The fourth-order valence-electron chi connectivity index (χ4n) is 1.95. The fourth-order valence-corrected chi connectivity index (χ4v) is 1.95. The minimum Gasteiger partial charge on any atom is -0.421 e. The molecule has 0 unspecified atom stereocenters. The zero-order valence-corrected chi connectivity index (χ0v) is 11.0. The molecule has 17 heavy (non-hydrogen) atoms. The van der Waals surface area contributed by atoms with E-state index < -0.39 is 0 Å². The van der Waals surface area contributed by atoms with Gasteiger partial charge in [0.2, 0.25) is 0 Å². The highest BCUT2D eigenvalue weighted by Gasteiger charge is 2.14. The highest BCUT2D eigenvalue weighted by molar-refractivity contribution is 5.45. The van der Waals surface area contributed by atoms with Gasteiger partial charge < -0.3 is 15.1 Å². The number of hydrogen-bond donors (Lipinski definition) is 1. The molecule has 1 aromatic rings. The summed E-state index contributed by atoms with van der Waals surface area (Å²) in [4.78, 5) is 13.7. The van der Waals surface area contributed by atoms with Gasteiger partial charge in [-0.2, -0.15) is 0 Å². The van der Waals surface area contributed by atoms with Crippen molar-refractivity contribution in [3.63, 3.8) is 0 Å². The summed E-state index contributed by atoms with van der Waals surface area (Å²) in [5.74, 6) is 0.696. The largest absolute Gasteiger partial charge is 0.421 e. The summed E-state index contributed by atoms with van der Waals surface area (Å²) < 4.78 is 5.23. The Morgan fingerprint density at radius 3 is 2.47 bits per heavy atom. The van der Waals surface area contributed by atoms with E-state index in [2.05, 4.69) is 31.4 Å². The van der Waals surface area contributed by atoms with Gasteiger partial charge in [-0.3, -0.25) is 0 Å². The molecule has 0 aliphatic heterocycles. The van der Waals surface area contributed by atoms with Crippen molar-refractivity contribution >= 4 is 5.69 Å². The predicted molar refractivity (Wildman–Crippen MR) is 69.1 cm³/mol. The molecule has 1 atom stereocenters. The van der Waals surface area contributed by atoms with Gasteiger partial charge in [0.25, 0.3) is 0 Å². The Bertz CT molecular complexity index is 397. The average molecular weight is 239 g/mol. The topological polar surface area (TPSA) is 61.1 Å². The fraction of sp³-hybridized carbons (Fsp3) is 0.615. The van der Waals surface area contributed by atoms with E-state index in [1.807, 2.05) is 6.07 Å². The maximum absolute atomic E-state index is 11.5. The molecule has 0 saturated carbocycles. The van der Waals surface area contributed by atoms with E-state index >= 15 is 0 Å². The summed E-state index contributed by atoms with van der Waals surface area (Å²) in [7, 11) is 0. The molecule has 1 aromatic heterocycles. The normalized spacial score (nSPS) is 12.5. The summed E-state index contributed by atoms with van der Waals surface area (Å²) in [6, 6.07) is 3.56. The van der Waals surface area contributed by atoms with Gasteiger partial charge in [-0.25, -0.2) is 4.79 Å². The van der Waals surface area contributed by atoms with Crippen LogP contribution in [0.3, 0.4) is 0 Å². The quantitative estimate of drug-likeness (QED) is 0.819. The first-order chi connectivity index (χ1) is 8.12. The first kappa shape index (κ1) is 13.8. The van der Waals surface area contributed by atoms with Gasteiger partial charge in [0.15, 0.2) is 5.76 Å². The van der Waals surface area contributed by atoms with Crippen LogP contribution in [0.4, 0.5) is 5.69 Å². The zero-order chi connectivity index (χ0) is 12.8. The predicted octanol–water partition coefficient (Wildman–Crippen LogP) is 1.57. The van der Waals surface area contributed by atoms with Gasteiger partial charge in [0, 0.05) is 37.3 Å². The summed E-state index contributed by atoms with van der Waals surface area (Å²) in [6.07, 6.45) is 1.97. The van der Waals surface area contributed by atoms with E-state index in [1.165, 1.54) is 0 Å². The van der Waals surface area contributed by atoms with Crippen LogP contribution in [0.5, 0.6) is 0 Å². The number of anilines is 1. The van der Waals surface area contributed by atoms with Crippen molar-refractivity contribution in [1.29, 1.82) is 0 Å². The zero-order valence-electron chi connectivity index (χ0n) is 11.0. The van der Waals surface area contributed by atoms with Crippen molar-refractivity contribution in [2.75, 3.05) is 18.0 Å². The van der Waals surface area contributed by atoms with Crippen LogP contribution in [-0.2, 0) is 0 Å². The number of hydrogen-bond acceptors (Lipinski definition) is 3. The Morgan fingerprint density at radius 1 is 1.29 bits per heavy atom. The second kappa shape index (κ2) is 6.45. The van der Waals surface area contributed by atoms with Gasteiger partial charge in [0.1, 0.15) is 6.04 Å². The van der Waals surface area contributed by atoms with Crippen molar-refractivity contribution < 1.29 is 10.2 Å². The lowest BCUT2D eigenvalue weighted by molar-refractivity contribution is -0.432. The lowest BCUT2D eigenvalue weighted by Crippen LogP contribution is -2.53. The Balaban J connectivity index is 3.05. The van der Waals surface area contributed by atoms with E-state index in [1.54, 1.807) is 6.07 Å². The molecule has 0 aromatic carbocycles. The smallest absolute Gasteiger partial charge is 0.338 e. The maximum Gasteiger partial charge on any atom is 0.338 e. The standard InChI is InChI=1S/C13H22N2O2/c1-4-7-11(14)12-8-10(9-13(16)17-12)15(5-2)6-3/h8-9,11H,4-7,14H2,1-3H3/p+1/t11-/m1/s1. The SMILES string of the molecule is CCC[C@@H]([NH3+])c1cc(N(CC)CC)cc(=O)o1. The van der Waals surface area contributed by atoms with Crippen LogP contribution in [0, 0.1) is 0 Å². The number of quaternary nitrogens is 1. The van der Waals surface area contributed by atoms with Gasteiger partial charge in [-0.1, -0.05) is 13.3 Å². The van der Waals surface area contributed by atoms with Gasteiger partial charge >= 0.3 is 5.63 Å². The molecule has 0 saturated heterocycles. The third-order valence-corrected chi connectivity index (χ3v) is 2.94. The van der Waals surface area contributed by atoms with Gasteiger partial charge in [0.05, 0.1) is 0 Å². The number of rotatable bonds is 6. The molecule has 0 amide bonds. The van der Waals surface area contributed by atoms with Crippen molar-refractivity contribution in [2.45, 2.75) is 39.7 Å². The molecule has 96 valence electrons. The van der Waals surface area contributed by atoms with E-state index in [0.717, 1.165) is 31.6 Å². The van der Waals surface area contributed by atoms with Crippen molar-refractivity contribution in [3.05, 3.63) is 28.3 Å². The summed E-state index contributed by atoms with van der Waals surface area (Å²) in [5.41, 5.74) is 4.69. The molecule has 1 rings (SSSR count). The van der Waals surface area contributed by atoms with Crippen LogP contribution in [0.2, 0.25) is 0 Å². The molecular weight excluding hydrogens is 216 g/mol. The van der Waals surface area contributed by atoms with E-state index in [9.17, 15) is 4.79 Å². The van der Waals surface area contributed by atoms with E-state index in [0.29, 0.717) is 5.76 Å². The molecule has 0 radical (unpaired) electrons. The van der Waals surface area contributed by atoms with E-state index in [4.69, 9.17) is 4.42 Å². The first-order valence-corrected chi connectivity index (χ1v) is 6.35. The van der Waals surface area contributed by atoms with Crippen LogP contribution < -0.4 is 16.3 Å². The Labute approximate surface area is 102 Å². The molecule has 4 heteroatoms. The monoisotopic (exact) mass is 239 g/mol. The molecule has 0 bridgehead atoms. The summed E-state index contributed by atoms with van der Waals surface area (Å²) >= 11 is 0. The molecule has 0 fully saturated rings. The Morgan fingerprint density at radius 2 is 1.94 bits per heavy atom. The highest BCUT2D eigenvalue weighted by atomic mass is 16.4. The van der Waals surface area contributed by atoms with Crippen LogP contribution >= 0.6 is 0 Å². The maximum atomic E-state index is 11.5. The van der Waals surface area contributed by atoms with Crippen molar-refractivity contribution in [3.8, 4) is 0 Å². The molecule has 0 aliphatic carbocycles. The Kier molecular flexibility index (Phi) is 5.22. The average Bonchev–Trinajstić information content (AvgIpc) is 2.30. The lowest BCUT2D eigenvalue weighted by Gasteiger charge is -2.21. The molecule has 0 spiro atoms. The van der Waals surface area contributed by atoms with E-state index in [-0.39, 0.29) is 11.7 Å². The molecule has 4 nitrogen and oxygen atoms in total. The van der Waals surface area contributed by atoms with Gasteiger partial charge in [-0.05, 0) is 13.8 Å². The third kappa shape index (κ3) is 3.60. The molecular formula is C13H23N2O2+. The minimum atomic E-state index is -0.283. The first-order valence-electron chi connectivity index (χ1n) is 6.35. The van der Waals surface area contributed by atoms with Crippen LogP contribution in [-0.4, -0.2) is 13.1 Å².